The van der Waals surface area contributed by atoms with Gasteiger partial charge in [-0.15, -0.1) is 0 Å². The van der Waals surface area contributed by atoms with Gasteiger partial charge in [0.1, 0.15) is 5.75 Å². The van der Waals surface area contributed by atoms with Crippen molar-refractivity contribution in [3.63, 3.8) is 0 Å². The molecule has 16 heavy (non-hydrogen) atoms. The molecule has 1 atom stereocenters. The number of hydrogen-bond donors (Lipinski definition) is 0. The zero-order valence-electron chi connectivity index (χ0n) is 11.1. The lowest BCUT2D eigenvalue weighted by Crippen LogP contribution is -2.02. The molecule has 0 N–H and O–H groups in total. The molecule has 0 radical (unpaired) electrons. The molecule has 0 spiro atoms. The van der Waals surface area contributed by atoms with Crippen molar-refractivity contribution in [1.82, 2.24) is 0 Å². The molecule has 2 nitrogen and oxygen atoms in total. The molecule has 1 unspecified atom stereocenters. The van der Waals surface area contributed by atoms with Gasteiger partial charge in [-0.25, -0.2) is 0 Å². The fourth-order valence-corrected chi connectivity index (χ4v) is 1.39. The van der Waals surface area contributed by atoms with Crippen molar-refractivity contribution in [2.24, 2.45) is 0 Å². The van der Waals surface area contributed by atoms with Gasteiger partial charge >= 0.3 is 0 Å². The van der Waals surface area contributed by atoms with Crippen LogP contribution in [0.3, 0.4) is 0 Å². The summed E-state index contributed by atoms with van der Waals surface area (Å²) in [5, 5.41) is 0. The van der Waals surface area contributed by atoms with E-state index in [1.807, 2.05) is 45.0 Å². The number of ether oxygens (including phenoxy) is 2. The Morgan fingerprint density at radius 3 is 2.38 bits per heavy atom. The Kier molecular flexibility index (Phi) is 8.64. The lowest BCUT2D eigenvalue weighted by molar-refractivity contribution is 0.0645. The molecule has 0 amide bonds. The van der Waals surface area contributed by atoms with Crippen LogP contribution in [0.15, 0.2) is 24.3 Å². The van der Waals surface area contributed by atoms with Gasteiger partial charge in [0.25, 0.3) is 0 Å². The molecule has 0 saturated carbocycles. The second-order valence-corrected chi connectivity index (χ2v) is 3.25. The highest BCUT2D eigenvalue weighted by molar-refractivity contribution is 5.34. The van der Waals surface area contributed by atoms with Gasteiger partial charge in [0.2, 0.25) is 0 Å². The molecule has 0 fully saturated rings. The van der Waals surface area contributed by atoms with Crippen LogP contribution < -0.4 is 4.74 Å². The summed E-state index contributed by atoms with van der Waals surface area (Å²) in [7, 11) is 1.69. The maximum absolute atomic E-state index is 5.64. The summed E-state index contributed by atoms with van der Waals surface area (Å²) in [6.45, 7) is 8.95. The largest absolute Gasteiger partial charge is 0.496 e. The van der Waals surface area contributed by atoms with Crippen LogP contribution in [0.25, 0.3) is 0 Å². The van der Waals surface area contributed by atoms with E-state index in [0.29, 0.717) is 0 Å². The van der Waals surface area contributed by atoms with E-state index in [-0.39, 0.29) is 6.10 Å². The van der Waals surface area contributed by atoms with Crippen molar-refractivity contribution < 1.29 is 9.47 Å². The lowest BCUT2D eigenvalue weighted by atomic mass is 10.1. The third-order valence-electron chi connectivity index (χ3n) is 2.15. The van der Waals surface area contributed by atoms with Crippen LogP contribution in [-0.2, 0) is 4.74 Å². The number of methoxy groups -OCH3 is 1. The highest BCUT2D eigenvalue weighted by Crippen LogP contribution is 2.26. The molecule has 1 aromatic carbocycles. The Morgan fingerprint density at radius 2 is 1.81 bits per heavy atom. The highest BCUT2D eigenvalue weighted by Gasteiger charge is 2.09. The van der Waals surface area contributed by atoms with Gasteiger partial charge in [-0.1, -0.05) is 39.0 Å². The Bertz CT molecular complexity index is 271. The second-order valence-electron chi connectivity index (χ2n) is 3.25. The van der Waals surface area contributed by atoms with Gasteiger partial charge in [-0.05, 0) is 19.4 Å². The van der Waals surface area contributed by atoms with Crippen LogP contribution in [-0.4, -0.2) is 13.7 Å². The molecule has 0 aliphatic carbocycles. The molecule has 0 saturated heterocycles. The van der Waals surface area contributed by atoms with Crippen molar-refractivity contribution in [2.75, 3.05) is 13.7 Å². The van der Waals surface area contributed by atoms with E-state index in [4.69, 9.17) is 9.47 Å². The SMILES string of the molecule is CC.CCCOC(C)c1ccccc1OC. The molecule has 1 aromatic rings. The van der Waals surface area contributed by atoms with Gasteiger partial charge in [0.05, 0.1) is 13.2 Å². The summed E-state index contributed by atoms with van der Waals surface area (Å²) in [4.78, 5) is 0. The summed E-state index contributed by atoms with van der Waals surface area (Å²) in [6, 6.07) is 7.97. The van der Waals surface area contributed by atoms with Crippen LogP contribution in [0, 0.1) is 0 Å². The van der Waals surface area contributed by atoms with Crippen molar-refractivity contribution in [1.29, 1.82) is 0 Å². The van der Waals surface area contributed by atoms with E-state index in [1.165, 1.54) is 0 Å². The topological polar surface area (TPSA) is 18.5 Å². The van der Waals surface area contributed by atoms with Crippen molar-refractivity contribution in [2.45, 2.75) is 40.2 Å². The predicted octanol–water partition coefficient (Wildman–Crippen LogP) is 4.21. The van der Waals surface area contributed by atoms with Crippen LogP contribution in [0.1, 0.15) is 45.8 Å². The zero-order chi connectivity index (χ0) is 12.4. The number of benzene rings is 1. The summed E-state index contributed by atoms with van der Waals surface area (Å²) in [5.41, 5.74) is 1.11. The van der Waals surface area contributed by atoms with Crippen molar-refractivity contribution >= 4 is 0 Å². The molecule has 92 valence electrons. The number of para-hydroxylation sites is 1. The van der Waals surface area contributed by atoms with E-state index in [9.17, 15) is 0 Å². The second kappa shape index (κ2) is 9.22. The van der Waals surface area contributed by atoms with Gasteiger partial charge in [0.15, 0.2) is 0 Å². The van der Waals surface area contributed by atoms with Crippen LogP contribution in [0.4, 0.5) is 0 Å². The fourth-order valence-electron chi connectivity index (χ4n) is 1.39. The Morgan fingerprint density at radius 1 is 1.19 bits per heavy atom. The van der Waals surface area contributed by atoms with Gasteiger partial charge in [-0.2, -0.15) is 0 Å². The average Bonchev–Trinajstić information content (AvgIpc) is 2.38. The Labute approximate surface area is 99.6 Å². The van der Waals surface area contributed by atoms with E-state index in [2.05, 4.69) is 6.92 Å². The zero-order valence-corrected chi connectivity index (χ0v) is 11.1. The minimum absolute atomic E-state index is 0.103. The van der Waals surface area contributed by atoms with Crippen molar-refractivity contribution in [3.8, 4) is 5.75 Å². The molecule has 2 heteroatoms. The molecule has 0 heterocycles. The first-order valence-electron chi connectivity index (χ1n) is 6.04. The van der Waals surface area contributed by atoms with E-state index in [1.54, 1.807) is 7.11 Å². The van der Waals surface area contributed by atoms with E-state index >= 15 is 0 Å². The highest BCUT2D eigenvalue weighted by atomic mass is 16.5. The summed E-state index contributed by atoms with van der Waals surface area (Å²) >= 11 is 0. The predicted molar refractivity (Wildman–Crippen MR) is 69.0 cm³/mol. The quantitative estimate of drug-likeness (QED) is 0.746. The minimum atomic E-state index is 0.103. The molecular formula is C14H24O2. The third-order valence-corrected chi connectivity index (χ3v) is 2.15. The Balaban J connectivity index is 0.00000106. The van der Waals surface area contributed by atoms with Crippen LogP contribution in [0.2, 0.25) is 0 Å². The first-order chi connectivity index (χ1) is 7.79. The Hall–Kier alpha value is -1.02. The third kappa shape index (κ3) is 4.67. The van der Waals surface area contributed by atoms with E-state index < -0.39 is 0 Å². The van der Waals surface area contributed by atoms with E-state index in [0.717, 1.165) is 24.3 Å². The first kappa shape index (κ1) is 15.0. The monoisotopic (exact) mass is 224 g/mol. The molecule has 1 rings (SSSR count). The van der Waals surface area contributed by atoms with Crippen molar-refractivity contribution in [3.05, 3.63) is 29.8 Å². The number of rotatable bonds is 5. The number of hydrogen-bond acceptors (Lipinski definition) is 2. The summed E-state index contributed by atoms with van der Waals surface area (Å²) in [5.74, 6) is 0.899. The average molecular weight is 224 g/mol. The minimum Gasteiger partial charge on any atom is -0.496 e. The van der Waals surface area contributed by atoms with Gasteiger partial charge < -0.3 is 9.47 Å². The molecular weight excluding hydrogens is 200 g/mol. The molecule has 0 aliphatic rings. The maximum atomic E-state index is 5.64. The molecule has 0 aromatic heterocycles. The molecule has 0 aliphatic heterocycles. The fraction of sp³-hybridized carbons (Fsp3) is 0.571. The first-order valence-corrected chi connectivity index (χ1v) is 6.04. The van der Waals surface area contributed by atoms with Crippen LogP contribution >= 0.6 is 0 Å². The standard InChI is InChI=1S/C12H18O2.C2H6/c1-4-9-14-10(2)11-7-5-6-8-12(11)13-3;1-2/h5-8,10H,4,9H2,1-3H3;1-2H3. The lowest BCUT2D eigenvalue weighted by Gasteiger charge is -2.15. The maximum Gasteiger partial charge on any atom is 0.124 e. The normalized spacial score (nSPS) is 11.3. The summed E-state index contributed by atoms with van der Waals surface area (Å²) in [6.07, 6.45) is 1.14. The van der Waals surface area contributed by atoms with Gasteiger partial charge in [0, 0.05) is 12.2 Å². The smallest absolute Gasteiger partial charge is 0.124 e. The molecule has 0 bridgehead atoms. The summed E-state index contributed by atoms with van der Waals surface area (Å²) < 4.78 is 10.9. The van der Waals surface area contributed by atoms with Gasteiger partial charge in [-0.3, -0.25) is 0 Å². The van der Waals surface area contributed by atoms with Crippen LogP contribution in [0.5, 0.6) is 5.75 Å².